The van der Waals surface area contributed by atoms with Gasteiger partial charge in [-0.15, -0.1) is 5.10 Å². The van der Waals surface area contributed by atoms with E-state index in [1.54, 1.807) is 6.20 Å². The van der Waals surface area contributed by atoms with Gasteiger partial charge in [-0.1, -0.05) is 48.5 Å². The van der Waals surface area contributed by atoms with E-state index in [0.717, 1.165) is 17.2 Å². The molecule has 2 N–H and O–H groups in total. The summed E-state index contributed by atoms with van der Waals surface area (Å²) in [5.41, 5.74) is 2.02. The second-order valence-electron chi connectivity index (χ2n) is 6.07. The van der Waals surface area contributed by atoms with Gasteiger partial charge in [0.1, 0.15) is 11.5 Å². The maximum atomic E-state index is 5.80. The van der Waals surface area contributed by atoms with Gasteiger partial charge in [0.2, 0.25) is 5.95 Å². The zero-order valence-corrected chi connectivity index (χ0v) is 15.1. The van der Waals surface area contributed by atoms with Gasteiger partial charge >= 0.3 is 0 Å². The lowest BCUT2D eigenvalue weighted by atomic mass is 10.2. The summed E-state index contributed by atoms with van der Waals surface area (Å²) in [5, 5.41) is 14.4. The molecule has 0 spiro atoms. The third-order valence-electron chi connectivity index (χ3n) is 3.96. The van der Waals surface area contributed by atoms with Crippen molar-refractivity contribution in [3.05, 3.63) is 96.7 Å². The highest BCUT2D eigenvalue weighted by Crippen LogP contribution is 2.23. The normalized spacial score (nSPS) is 10.3. The molecule has 0 fully saturated rings. The second-order valence-corrected chi connectivity index (χ2v) is 6.07. The van der Waals surface area contributed by atoms with Crippen molar-refractivity contribution in [3.63, 3.8) is 0 Å². The lowest BCUT2D eigenvalue weighted by Crippen LogP contribution is -2.05. The molecule has 0 unspecified atom stereocenters. The maximum absolute atomic E-state index is 5.80. The van der Waals surface area contributed by atoms with Crippen LogP contribution in [0.15, 0.2) is 91.1 Å². The summed E-state index contributed by atoms with van der Waals surface area (Å²) in [7, 11) is 0. The highest BCUT2D eigenvalue weighted by Gasteiger charge is 2.03. The molecule has 4 rings (SSSR count). The van der Waals surface area contributed by atoms with E-state index < -0.39 is 0 Å². The SMILES string of the molecule is c1ccc(CNc2cnnc(Nc3ccc(Oc4ccccc4)cc3)n2)cc1. The van der Waals surface area contributed by atoms with Crippen molar-refractivity contribution >= 4 is 17.5 Å². The Hall–Kier alpha value is -3.93. The molecule has 6 nitrogen and oxygen atoms in total. The third kappa shape index (κ3) is 4.82. The molecule has 0 atom stereocenters. The van der Waals surface area contributed by atoms with Crippen molar-refractivity contribution < 1.29 is 4.74 Å². The summed E-state index contributed by atoms with van der Waals surface area (Å²) in [5.74, 6) is 2.64. The molecule has 0 amide bonds. The van der Waals surface area contributed by atoms with Crippen molar-refractivity contribution in [2.45, 2.75) is 6.54 Å². The van der Waals surface area contributed by atoms with Crippen LogP contribution in [-0.2, 0) is 6.54 Å². The number of ether oxygens (including phenoxy) is 1. The van der Waals surface area contributed by atoms with Gasteiger partial charge in [-0.2, -0.15) is 10.1 Å². The number of hydrogen-bond acceptors (Lipinski definition) is 6. The summed E-state index contributed by atoms with van der Waals surface area (Å²) in [6, 6.07) is 27.4. The van der Waals surface area contributed by atoms with Crippen molar-refractivity contribution in [1.82, 2.24) is 15.2 Å². The van der Waals surface area contributed by atoms with Gasteiger partial charge < -0.3 is 15.4 Å². The smallest absolute Gasteiger partial charge is 0.249 e. The molecule has 0 saturated carbocycles. The van der Waals surface area contributed by atoms with Gasteiger partial charge in [-0.3, -0.25) is 0 Å². The largest absolute Gasteiger partial charge is 0.457 e. The minimum Gasteiger partial charge on any atom is -0.457 e. The minimum atomic E-state index is 0.426. The highest BCUT2D eigenvalue weighted by atomic mass is 16.5. The van der Waals surface area contributed by atoms with Gasteiger partial charge in [0.15, 0.2) is 5.82 Å². The van der Waals surface area contributed by atoms with Crippen molar-refractivity contribution in [1.29, 1.82) is 0 Å². The van der Waals surface area contributed by atoms with Crippen LogP contribution in [0, 0.1) is 0 Å². The molecule has 3 aromatic carbocycles. The molecule has 0 saturated heterocycles. The summed E-state index contributed by atoms with van der Waals surface area (Å²) in [6.07, 6.45) is 1.60. The first kappa shape index (κ1) is 17.5. The second kappa shape index (κ2) is 8.64. The number of para-hydroxylation sites is 1. The van der Waals surface area contributed by atoms with E-state index in [-0.39, 0.29) is 0 Å². The van der Waals surface area contributed by atoms with E-state index in [1.165, 1.54) is 5.56 Å². The Labute approximate surface area is 163 Å². The highest BCUT2D eigenvalue weighted by molar-refractivity contribution is 5.55. The maximum Gasteiger partial charge on any atom is 0.249 e. The average Bonchev–Trinajstić information content (AvgIpc) is 2.76. The standard InChI is InChI=1S/C22H19N5O/c1-3-7-17(8-4-1)15-23-21-16-24-27-22(26-21)25-18-11-13-20(14-12-18)28-19-9-5-2-6-10-19/h1-14,16H,15H2,(H2,23,25,26,27). The quantitative estimate of drug-likeness (QED) is 0.477. The molecule has 0 aliphatic carbocycles. The number of rotatable bonds is 7. The van der Waals surface area contributed by atoms with Crippen molar-refractivity contribution in [3.8, 4) is 11.5 Å². The first-order valence-corrected chi connectivity index (χ1v) is 8.93. The van der Waals surface area contributed by atoms with Gasteiger partial charge in [0.25, 0.3) is 0 Å². The molecule has 0 radical (unpaired) electrons. The van der Waals surface area contributed by atoms with E-state index in [0.29, 0.717) is 18.3 Å². The fraction of sp³-hybridized carbons (Fsp3) is 0.0455. The molecule has 138 valence electrons. The average molecular weight is 369 g/mol. The fourth-order valence-corrected chi connectivity index (χ4v) is 2.59. The Morgan fingerprint density at radius 3 is 2.18 bits per heavy atom. The van der Waals surface area contributed by atoms with Crippen LogP contribution < -0.4 is 15.4 Å². The van der Waals surface area contributed by atoms with Crippen molar-refractivity contribution in [2.75, 3.05) is 10.6 Å². The Morgan fingerprint density at radius 1 is 0.750 bits per heavy atom. The lowest BCUT2D eigenvalue weighted by Gasteiger charge is -2.09. The topological polar surface area (TPSA) is 72.0 Å². The van der Waals surface area contributed by atoms with Crippen LogP contribution in [0.2, 0.25) is 0 Å². The van der Waals surface area contributed by atoms with Gasteiger partial charge in [-0.25, -0.2) is 0 Å². The molecule has 0 aliphatic rings. The molecular formula is C22H19N5O. The molecule has 28 heavy (non-hydrogen) atoms. The van der Waals surface area contributed by atoms with Crippen LogP contribution in [0.5, 0.6) is 11.5 Å². The minimum absolute atomic E-state index is 0.426. The molecular weight excluding hydrogens is 350 g/mol. The van der Waals surface area contributed by atoms with Crippen LogP contribution in [-0.4, -0.2) is 15.2 Å². The third-order valence-corrected chi connectivity index (χ3v) is 3.96. The van der Waals surface area contributed by atoms with E-state index >= 15 is 0 Å². The summed E-state index contributed by atoms with van der Waals surface area (Å²) < 4.78 is 5.80. The van der Waals surface area contributed by atoms with E-state index in [2.05, 4.69) is 37.9 Å². The lowest BCUT2D eigenvalue weighted by molar-refractivity contribution is 0.483. The van der Waals surface area contributed by atoms with Crippen LogP contribution in [0.1, 0.15) is 5.56 Å². The number of aromatic nitrogens is 3. The van der Waals surface area contributed by atoms with Gasteiger partial charge in [0.05, 0.1) is 6.20 Å². The summed E-state index contributed by atoms with van der Waals surface area (Å²) in [6.45, 7) is 0.671. The zero-order valence-electron chi connectivity index (χ0n) is 15.1. The fourth-order valence-electron chi connectivity index (χ4n) is 2.59. The first-order chi connectivity index (χ1) is 13.8. The van der Waals surface area contributed by atoms with Crippen LogP contribution >= 0.6 is 0 Å². The van der Waals surface area contributed by atoms with E-state index in [9.17, 15) is 0 Å². The van der Waals surface area contributed by atoms with Gasteiger partial charge in [-0.05, 0) is 42.0 Å². The Kier molecular flexibility index (Phi) is 5.39. The van der Waals surface area contributed by atoms with E-state index in [4.69, 9.17) is 4.74 Å². The number of hydrogen-bond donors (Lipinski definition) is 2. The molecule has 0 bridgehead atoms. The Balaban J connectivity index is 1.37. The molecule has 1 heterocycles. The monoisotopic (exact) mass is 369 g/mol. The number of benzene rings is 3. The molecule has 1 aromatic heterocycles. The van der Waals surface area contributed by atoms with Crippen LogP contribution in [0.4, 0.5) is 17.5 Å². The van der Waals surface area contributed by atoms with Crippen molar-refractivity contribution in [2.24, 2.45) is 0 Å². The number of nitrogens with zero attached hydrogens (tertiary/aromatic N) is 3. The van der Waals surface area contributed by atoms with Crippen LogP contribution in [0.25, 0.3) is 0 Å². The predicted octanol–water partition coefficient (Wildman–Crippen LogP) is 5.02. The van der Waals surface area contributed by atoms with E-state index in [1.807, 2.05) is 72.8 Å². The van der Waals surface area contributed by atoms with Crippen LogP contribution in [0.3, 0.4) is 0 Å². The molecule has 4 aromatic rings. The molecule has 0 aliphatic heterocycles. The molecule has 6 heteroatoms. The Morgan fingerprint density at radius 2 is 1.43 bits per heavy atom. The number of anilines is 3. The zero-order chi connectivity index (χ0) is 19.0. The number of nitrogens with one attached hydrogen (secondary N) is 2. The summed E-state index contributed by atoms with van der Waals surface area (Å²) in [4.78, 5) is 4.45. The predicted molar refractivity (Wildman–Crippen MR) is 110 cm³/mol. The first-order valence-electron chi connectivity index (χ1n) is 8.93. The van der Waals surface area contributed by atoms with Gasteiger partial charge in [0, 0.05) is 12.2 Å². The Bertz CT molecular complexity index is 1010. The summed E-state index contributed by atoms with van der Waals surface area (Å²) >= 11 is 0.